The molecule has 370 valence electrons. The van der Waals surface area contributed by atoms with E-state index < -0.39 is 29.4 Å². The summed E-state index contributed by atoms with van der Waals surface area (Å²) in [7, 11) is 0. The highest BCUT2D eigenvalue weighted by Gasteiger charge is 2.24. The third-order valence-electron chi connectivity index (χ3n) is 9.03. The number of esters is 1. The number of hydrogen-bond donors (Lipinski definition) is 4. The van der Waals surface area contributed by atoms with Gasteiger partial charge in [-0.25, -0.2) is 9.59 Å². The molecule has 0 aliphatic heterocycles. The number of ether oxygens (including phenoxy) is 7. The van der Waals surface area contributed by atoms with Crippen molar-refractivity contribution in [3.05, 3.63) is 0 Å². The van der Waals surface area contributed by atoms with Crippen LogP contribution in [0.2, 0.25) is 0 Å². The van der Waals surface area contributed by atoms with Crippen LogP contribution in [-0.2, 0) is 47.5 Å². The molecule has 0 heterocycles. The Labute approximate surface area is 380 Å². The van der Waals surface area contributed by atoms with Crippen LogP contribution in [-0.4, -0.2) is 125 Å². The number of hydrogen-bond acceptors (Lipinski definition) is 12. The van der Waals surface area contributed by atoms with Gasteiger partial charge in [-0.05, 0) is 88.0 Å². The molecule has 1 atom stereocenters. The van der Waals surface area contributed by atoms with Crippen LogP contribution in [0.25, 0.3) is 0 Å². The Morgan fingerprint density at radius 1 is 0.397 bits per heavy atom. The normalized spacial score (nSPS) is 12.3. The Morgan fingerprint density at radius 2 is 0.778 bits per heavy atom. The van der Waals surface area contributed by atoms with Gasteiger partial charge in [-0.2, -0.15) is 0 Å². The summed E-state index contributed by atoms with van der Waals surface area (Å²) in [6, 6.07) is -0.860. The van der Waals surface area contributed by atoms with E-state index in [4.69, 9.17) is 33.2 Å². The van der Waals surface area contributed by atoms with Gasteiger partial charge >= 0.3 is 18.2 Å². The van der Waals surface area contributed by atoms with Crippen LogP contribution in [0.5, 0.6) is 0 Å². The molecule has 0 spiro atoms. The molecule has 16 heteroatoms. The minimum absolute atomic E-state index is 0.0724. The molecule has 4 N–H and O–H groups in total. The second kappa shape index (κ2) is 37.1. The van der Waals surface area contributed by atoms with Crippen LogP contribution in [0.3, 0.4) is 0 Å². The van der Waals surface area contributed by atoms with E-state index >= 15 is 0 Å². The van der Waals surface area contributed by atoms with Gasteiger partial charge in [0.2, 0.25) is 11.8 Å². The highest BCUT2D eigenvalue weighted by atomic mass is 16.6. The summed E-state index contributed by atoms with van der Waals surface area (Å²) in [5.74, 6) is -0.397. The number of carbonyl (C=O) groups is 5. The minimum atomic E-state index is -0.860. The monoisotopic (exact) mass is 903 g/mol. The minimum Gasteiger partial charge on any atom is -0.460 e. The summed E-state index contributed by atoms with van der Waals surface area (Å²) in [4.78, 5) is 60.9. The van der Waals surface area contributed by atoms with Gasteiger partial charge in [-0.3, -0.25) is 14.4 Å². The number of unbranched alkanes of at least 4 members (excludes halogenated alkanes) is 13. The van der Waals surface area contributed by atoms with Crippen molar-refractivity contribution in [3.8, 4) is 0 Å². The average Bonchev–Trinajstić information content (AvgIpc) is 3.16. The maximum Gasteiger partial charge on any atom is 0.408 e. The molecule has 63 heavy (non-hydrogen) atoms. The van der Waals surface area contributed by atoms with E-state index in [2.05, 4.69) is 21.3 Å². The summed E-state index contributed by atoms with van der Waals surface area (Å²) < 4.78 is 38.0. The van der Waals surface area contributed by atoms with Gasteiger partial charge < -0.3 is 54.4 Å². The number of rotatable bonds is 38. The lowest BCUT2D eigenvalue weighted by molar-refractivity contribution is -0.155. The summed E-state index contributed by atoms with van der Waals surface area (Å²) in [5.41, 5.74) is -1.73. The number of nitrogens with one attached hydrogen (secondary N) is 4. The van der Waals surface area contributed by atoms with E-state index in [1.54, 1.807) is 41.5 Å². The van der Waals surface area contributed by atoms with Gasteiger partial charge in [0, 0.05) is 32.5 Å². The predicted molar refractivity (Wildman–Crippen MR) is 246 cm³/mol. The zero-order chi connectivity index (χ0) is 47.2. The van der Waals surface area contributed by atoms with Gasteiger partial charge in [-0.15, -0.1) is 0 Å². The molecule has 4 amide bonds. The third kappa shape index (κ3) is 45.2. The molecule has 0 aromatic rings. The molecule has 0 aromatic heterocycles. The first-order valence-corrected chi connectivity index (χ1v) is 23.8. The van der Waals surface area contributed by atoms with E-state index in [-0.39, 0.29) is 49.5 Å². The lowest BCUT2D eigenvalue weighted by atomic mass is 10.0. The molecule has 16 nitrogen and oxygen atoms in total. The molecule has 0 aliphatic rings. The fourth-order valence-electron chi connectivity index (χ4n) is 6.08. The first-order chi connectivity index (χ1) is 29.8. The summed E-state index contributed by atoms with van der Waals surface area (Å²) in [6.45, 7) is 20.3. The van der Waals surface area contributed by atoms with Crippen LogP contribution >= 0.6 is 0 Å². The molecule has 0 saturated heterocycles. The highest BCUT2D eigenvalue weighted by molar-refractivity contribution is 5.85. The maximum atomic E-state index is 12.8. The maximum absolute atomic E-state index is 12.8. The number of carbonyl (C=O) groups excluding carboxylic acids is 5. The first kappa shape index (κ1) is 59.8. The van der Waals surface area contributed by atoms with Crippen LogP contribution in [0.4, 0.5) is 9.59 Å². The van der Waals surface area contributed by atoms with Gasteiger partial charge in [0.25, 0.3) is 0 Å². The van der Waals surface area contributed by atoms with Gasteiger partial charge in [-0.1, -0.05) is 77.0 Å². The summed E-state index contributed by atoms with van der Waals surface area (Å²) in [5, 5.41) is 10.9. The van der Waals surface area contributed by atoms with Crippen molar-refractivity contribution in [2.24, 2.45) is 0 Å². The van der Waals surface area contributed by atoms with Crippen LogP contribution in [0.1, 0.15) is 178 Å². The largest absolute Gasteiger partial charge is 0.460 e. The third-order valence-corrected chi connectivity index (χ3v) is 9.03. The van der Waals surface area contributed by atoms with Gasteiger partial charge in [0.1, 0.15) is 22.8 Å². The molecule has 0 aromatic carbocycles. The lowest BCUT2D eigenvalue weighted by Crippen LogP contribution is -2.49. The van der Waals surface area contributed by atoms with E-state index in [9.17, 15) is 24.0 Å². The predicted octanol–water partition coefficient (Wildman–Crippen LogP) is 8.07. The fourth-order valence-corrected chi connectivity index (χ4v) is 6.08. The zero-order valence-electron chi connectivity index (χ0n) is 41.0. The Bertz CT molecular complexity index is 1200. The van der Waals surface area contributed by atoms with Gasteiger partial charge in [0.15, 0.2) is 0 Å². The average molecular weight is 903 g/mol. The van der Waals surface area contributed by atoms with Crippen molar-refractivity contribution in [3.63, 3.8) is 0 Å². The molecule has 0 fully saturated rings. The molecule has 0 rings (SSSR count). The second-order valence-electron chi connectivity index (χ2n) is 18.9. The van der Waals surface area contributed by atoms with Crippen molar-refractivity contribution in [2.75, 3.05) is 72.5 Å². The second-order valence-corrected chi connectivity index (χ2v) is 18.9. The Kier molecular flexibility index (Phi) is 35.2. The van der Waals surface area contributed by atoms with E-state index in [0.717, 1.165) is 25.7 Å². The Balaban J connectivity index is 3.67. The zero-order valence-corrected chi connectivity index (χ0v) is 41.0. The van der Waals surface area contributed by atoms with Crippen molar-refractivity contribution < 1.29 is 57.1 Å². The fraction of sp³-hybridized carbons (Fsp3) is 0.894. The van der Waals surface area contributed by atoms with Crippen molar-refractivity contribution in [1.82, 2.24) is 21.3 Å². The molecular weight excluding hydrogens is 813 g/mol. The quantitative estimate of drug-likeness (QED) is 0.0265. The summed E-state index contributed by atoms with van der Waals surface area (Å²) >= 11 is 0. The molecular formula is C47H90N4O12. The van der Waals surface area contributed by atoms with E-state index in [1.807, 2.05) is 20.8 Å². The van der Waals surface area contributed by atoms with Crippen LogP contribution in [0.15, 0.2) is 0 Å². The smallest absolute Gasteiger partial charge is 0.408 e. The lowest BCUT2D eigenvalue weighted by Gasteiger charge is -2.23. The van der Waals surface area contributed by atoms with Crippen molar-refractivity contribution >= 4 is 30.0 Å². The molecule has 0 radical (unpaired) electrons. The van der Waals surface area contributed by atoms with E-state index in [1.165, 1.54) is 64.2 Å². The van der Waals surface area contributed by atoms with Gasteiger partial charge in [0.05, 0.1) is 52.9 Å². The van der Waals surface area contributed by atoms with Crippen molar-refractivity contribution in [2.45, 2.75) is 201 Å². The SMILES string of the molecule is CC(C)(C)OC(=O)CCCCCCCCCCCCCCCCC(=O)NCCOCCOCCOCCOCCNC(=O)[C@H](CCCNC(=O)OC(C)(C)C)NC(=O)OC(C)(C)C. The molecule has 0 aliphatic carbocycles. The van der Waals surface area contributed by atoms with Crippen LogP contribution in [0, 0.1) is 0 Å². The van der Waals surface area contributed by atoms with E-state index in [0.29, 0.717) is 72.1 Å². The van der Waals surface area contributed by atoms with Crippen LogP contribution < -0.4 is 21.3 Å². The number of alkyl carbamates (subject to hydrolysis) is 2. The first-order valence-electron chi connectivity index (χ1n) is 23.8. The summed E-state index contributed by atoms with van der Waals surface area (Å²) in [6.07, 6.45) is 17.2. The topological polar surface area (TPSA) is 198 Å². The molecule has 0 saturated carbocycles. The Hall–Kier alpha value is -3.21. The molecule has 0 unspecified atom stereocenters. The Morgan fingerprint density at radius 3 is 1.22 bits per heavy atom. The standard InChI is InChI=1S/C47H90N4O12/c1-45(2,3)61-41(53)27-23-21-19-17-15-13-11-10-12-14-16-18-20-22-26-40(52)48-29-31-57-33-35-59-37-38-60-36-34-58-32-30-49-42(54)39(51-44(56)63-47(7,8)9)25-24-28-50-43(55)62-46(4,5)6/h39H,10-38H2,1-9H3,(H,48,52)(H,49,54)(H,50,55)(H,51,56)/t39-/m0/s1. The highest BCUT2D eigenvalue weighted by Crippen LogP contribution is 2.15. The number of amides is 4. The van der Waals surface area contributed by atoms with Crippen molar-refractivity contribution in [1.29, 1.82) is 0 Å². The molecule has 0 bridgehead atoms.